The maximum absolute atomic E-state index is 13.0. The van der Waals surface area contributed by atoms with Crippen LogP contribution in [0.4, 0.5) is 0 Å². The van der Waals surface area contributed by atoms with Crippen molar-refractivity contribution in [1.82, 2.24) is 15.2 Å². The van der Waals surface area contributed by atoms with E-state index in [9.17, 15) is 9.59 Å². The second-order valence-electron chi connectivity index (χ2n) is 7.06. The number of benzene rings is 2. The average molecular weight is 345 g/mol. The number of hydrogen-bond acceptors (Lipinski definition) is 2. The fraction of sp³-hybridized carbons (Fsp3) is 0.238. The van der Waals surface area contributed by atoms with Crippen molar-refractivity contribution >= 4 is 22.7 Å². The second kappa shape index (κ2) is 5.73. The summed E-state index contributed by atoms with van der Waals surface area (Å²) in [5, 5.41) is 4.09. The van der Waals surface area contributed by atoms with Crippen LogP contribution >= 0.6 is 0 Å². The number of amides is 2. The number of fused-ring (bicyclic) bond motifs is 4. The number of carbonyl (C=O) groups is 2. The minimum Gasteiger partial charge on any atom is -0.357 e. The van der Waals surface area contributed by atoms with Crippen LogP contribution in [0.1, 0.15) is 16.8 Å². The molecule has 0 saturated carbocycles. The van der Waals surface area contributed by atoms with Crippen molar-refractivity contribution in [3.8, 4) is 0 Å². The Hall–Kier alpha value is -3.08. The molecule has 2 atom stereocenters. The van der Waals surface area contributed by atoms with Gasteiger partial charge in [-0.05, 0) is 17.2 Å². The smallest absolute Gasteiger partial charge is 0.246 e. The minimum absolute atomic E-state index is 0.00255. The molecule has 130 valence electrons. The lowest BCUT2D eigenvalue weighted by atomic mass is 9.91. The van der Waals surface area contributed by atoms with E-state index in [0.29, 0.717) is 19.4 Å². The van der Waals surface area contributed by atoms with Crippen molar-refractivity contribution in [2.45, 2.75) is 31.5 Å². The van der Waals surface area contributed by atoms with Gasteiger partial charge in [0.15, 0.2) is 0 Å². The molecular weight excluding hydrogens is 326 g/mol. The van der Waals surface area contributed by atoms with Crippen LogP contribution in [0.15, 0.2) is 54.6 Å². The van der Waals surface area contributed by atoms with E-state index < -0.39 is 12.1 Å². The largest absolute Gasteiger partial charge is 0.357 e. The van der Waals surface area contributed by atoms with Gasteiger partial charge in [0.1, 0.15) is 12.1 Å². The number of nitrogens with zero attached hydrogens (tertiary/aromatic N) is 1. The molecule has 2 aliphatic heterocycles. The fourth-order valence-electron chi connectivity index (χ4n) is 4.19. The van der Waals surface area contributed by atoms with Crippen LogP contribution in [0.25, 0.3) is 10.9 Å². The standard InChI is InChI=1S/C21H19N3O2/c25-20-19-11-15-14-8-4-5-9-16(14)22-18(15)12-24(19)21(26)17(23-20)10-13-6-2-1-3-7-13/h1-9,17,19,22H,10-12H2,(H,23,25)/t17-,19+/m1/s1. The summed E-state index contributed by atoms with van der Waals surface area (Å²) in [5.41, 5.74) is 4.31. The van der Waals surface area contributed by atoms with Gasteiger partial charge in [-0.2, -0.15) is 0 Å². The molecule has 2 aliphatic rings. The van der Waals surface area contributed by atoms with Crippen molar-refractivity contribution in [1.29, 1.82) is 0 Å². The van der Waals surface area contributed by atoms with E-state index >= 15 is 0 Å². The average Bonchev–Trinajstić information content (AvgIpc) is 3.03. The first-order valence-corrected chi connectivity index (χ1v) is 8.94. The summed E-state index contributed by atoms with van der Waals surface area (Å²) in [7, 11) is 0. The van der Waals surface area contributed by atoms with Gasteiger partial charge >= 0.3 is 0 Å². The Morgan fingerprint density at radius 3 is 2.62 bits per heavy atom. The first kappa shape index (κ1) is 15.2. The second-order valence-corrected chi connectivity index (χ2v) is 7.06. The Bertz CT molecular complexity index is 1010. The first-order chi connectivity index (χ1) is 12.7. The molecule has 2 aromatic carbocycles. The first-order valence-electron chi connectivity index (χ1n) is 8.94. The summed E-state index contributed by atoms with van der Waals surface area (Å²) in [4.78, 5) is 30.9. The quantitative estimate of drug-likeness (QED) is 0.748. The van der Waals surface area contributed by atoms with Gasteiger partial charge in [0.05, 0.1) is 6.54 Å². The highest BCUT2D eigenvalue weighted by atomic mass is 16.2. The lowest BCUT2D eigenvalue weighted by Gasteiger charge is -2.41. The Labute approximate surface area is 151 Å². The Morgan fingerprint density at radius 1 is 1.00 bits per heavy atom. The number of H-pyrrole nitrogens is 1. The van der Waals surface area contributed by atoms with Gasteiger partial charge in [-0.3, -0.25) is 9.59 Å². The minimum atomic E-state index is -0.493. The molecule has 3 aromatic rings. The van der Waals surface area contributed by atoms with Gasteiger partial charge in [-0.15, -0.1) is 0 Å². The lowest BCUT2D eigenvalue weighted by molar-refractivity contribution is -0.150. The van der Waals surface area contributed by atoms with E-state index in [1.807, 2.05) is 48.5 Å². The van der Waals surface area contributed by atoms with E-state index in [-0.39, 0.29) is 11.8 Å². The monoisotopic (exact) mass is 345 g/mol. The van der Waals surface area contributed by atoms with Crippen molar-refractivity contribution in [3.63, 3.8) is 0 Å². The number of aromatic amines is 1. The topological polar surface area (TPSA) is 65.2 Å². The van der Waals surface area contributed by atoms with Crippen LogP contribution in [0.3, 0.4) is 0 Å². The summed E-state index contributed by atoms with van der Waals surface area (Å²) in [6.07, 6.45) is 1.09. The molecule has 0 spiro atoms. The van der Waals surface area contributed by atoms with E-state index in [0.717, 1.165) is 27.7 Å². The Morgan fingerprint density at radius 2 is 1.77 bits per heavy atom. The van der Waals surface area contributed by atoms with Gasteiger partial charge in [-0.25, -0.2) is 0 Å². The number of carbonyl (C=O) groups excluding carboxylic acids is 2. The predicted octanol–water partition coefficient (Wildman–Crippen LogP) is 2.16. The van der Waals surface area contributed by atoms with Crippen molar-refractivity contribution in [2.75, 3.05) is 0 Å². The van der Waals surface area contributed by atoms with Crippen LogP contribution in [0, 0.1) is 0 Å². The molecule has 1 aromatic heterocycles. The van der Waals surface area contributed by atoms with Gasteiger partial charge in [0.25, 0.3) is 0 Å². The van der Waals surface area contributed by atoms with Crippen LogP contribution < -0.4 is 5.32 Å². The zero-order valence-corrected chi connectivity index (χ0v) is 14.2. The molecule has 1 fully saturated rings. The van der Waals surface area contributed by atoms with Gasteiger partial charge < -0.3 is 15.2 Å². The van der Waals surface area contributed by atoms with E-state index in [1.54, 1.807) is 4.90 Å². The van der Waals surface area contributed by atoms with E-state index in [1.165, 1.54) is 0 Å². The summed E-state index contributed by atoms with van der Waals surface area (Å²) in [6.45, 7) is 0.465. The molecule has 26 heavy (non-hydrogen) atoms. The number of para-hydroxylation sites is 1. The zero-order valence-electron chi connectivity index (χ0n) is 14.2. The highest BCUT2D eigenvalue weighted by Gasteiger charge is 2.43. The van der Waals surface area contributed by atoms with Crippen LogP contribution in [0.2, 0.25) is 0 Å². The predicted molar refractivity (Wildman–Crippen MR) is 98.4 cm³/mol. The molecular formula is C21H19N3O2. The van der Waals surface area contributed by atoms with Gasteiger partial charge in [0.2, 0.25) is 11.8 Å². The third-order valence-corrected chi connectivity index (χ3v) is 5.49. The van der Waals surface area contributed by atoms with Crippen molar-refractivity contribution in [2.24, 2.45) is 0 Å². The molecule has 0 aliphatic carbocycles. The maximum Gasteiger partial charge on any atom is 0.246 e. The summed E-state index contributed by atoms with van der Waals surface area (Å²) in [5.74, 6) is -0.0516. The molecule has 1 saturated heterocycles. The number of rotatable bonds is 2. The third-order valence-electron chi connectivity index (χ3n) is 5.49. The molecule has 0 unspecified atom stereocenters. The number of aromatic nitrogens is 1. The molecule has 0 bridgehead atoms. The Balaban J connectivity index is 1.47. The maximum atomic E-state index is 13.0. The molecule has 5 heteroatoms. The van der Waals surface area contributed by atoms with Crippen LogP contribution in [-0.4, -0.2) is 33.8 Å². The number of hydrogen-bond donors (Lipinski definition) is 2. The number of nitrogens with one attached hydrogen (secondary N) is 2. The van der Waals surface area contributed by atoms with Crippen LogP contribution in [0.5, 0.6) is 0 Å². The lowest BCUT2D eigenvalue weighted by Crippen LogP contribution is -2.65. The van der Waals surface area contributed by atoms with Gasteiger partial charge in [0, 0.05) is 29.4 Å². The zero-order chi connectivity index (χ0) is 17.7. The summed E-state index contributed by atoms with van der Waals surface area (Å²) < 4.78 is 0. The Kier molecular flexibility index (Phi) is 3.35. The fourth-order valence-corrected chi connectivity index (χ4v) is 4.19. The highest BCUT2D eigenvalue weighted by molar-refractivity contribution is 5.98. The SMILES string of the molecule is O=C1N[C@H](Cc2ccccc2)C(=O)N2Cc3[nH]c4ccccc4c3C[C@@H]12. The van der Waals surface area contributed by atoms with Gasteiger partial charge in [-0.1, -0.05) is 48.5 Å². The van der Waals surface area contributed by atoms with E-state index in [2.05, 4.69) is 16.4 Å². The number of piperazine rings is 1. The molecule has 3 heterocycles. The molecule has 0 radical (unpaired) electrons. The molecule has 5 nitrogen and oxygen atoms in total. The normalized spacial score (nSPS) is 22.1. The molecule has 5 rings (SSSR count). The summed E-state index contributed by atoms with van der Waals surface area (Å²) >= 11 is 0. The molecule has 2 amide bonds. The van der Waals surface area contributed by atoms with Crippen molar-refractivity contribution < 1.29 is 9.59 Å². The molecule has 2 N–H and O–H groups in total. The van der Waals surface area contributed by atoms with Crippen molar-refractivity contribution in [3.05, 3.63) is 71.4 Å². The highest BCUT2D eigenvalue weighted by Crippen LogP contribution is 2.32. The van der Waals surface area contributed by atoms with E-state index in [4.69, 9.17) is 0 Å². The van der Waals surface area contributed by atoms with Crippen LogP contribution in [-0.2, 0) is 29.0 Å². The third kappa shape index (κ3) is 2.31. The summed E-state index contributed by atoms with van der Waals surface area (Å²) in [6, 6.07) is 17.0.